The van der Waals surface area contributed by atoms with Crippen LogP contribution in [-0.2, 0) is 22.9 Å². The van der Waals surface area contributed by atoms with Crippen LogP contribution in [-0.4, -0.2) is 56.0 Å². The zero-order chi connectivity index (χ0) is 24.3. The van der Waals surface area contributed by atoms with E-state index in [9.17, 15) is 8.42 Å². The molecule has 0 unspecified atom stereocenters. The van der Waals surface area contributed by atoms with Gasteiger partial charge in [0.1, 0.15) is 17.4 Å². The van der Waals surface area contributed by atoms with E-state index >= 15 is 0 Å². The van der Waals surface area contributed by atoms with Gasteiger partial charge in [-0.25, -0.2) is 18.4 Å². The molecule has 0 saturated carbocycles. The lowest BCUT2D eigenvalue weighted by Crippen LogP contribution is -2.49. The number of aryl methyl sites for hydroxylation is 2. The van der Waals surface area contributed by atoms with Gasteiger partial charge in [-0.05, 0) is 55.3 Å². The number of benzene rings is 2. The van der Waals surface area contributed by atoms with Crippen LogP contribution in [0.4, 0.5) is 5.82 Å². The van der Waals surface area contributed by atoms with Crippen molar-refractivity contribution in [1.82, 2.24) is 14.3 Å². The highest BCUT2D eigenvalue weighted by molar-refractivity contribution is 7.89. The molecule has 0 spiro atoms. The molecule has 0 radical (unpaired) electrons. The molecule has 0 amide bonds. The first kappa shape index (κ1) is 24.4. The van der Waals surface area contributed by atoms with Gasteiger partial charge in [0.05, 0.1) is 12.0 Å². The summed E-state index contributed by atoms with van der Waals surface area (Å²) in [6, 6.07) is 14.3. The minimum Gasteiger partial charge on any atom is -0.497 e. The van der Waals surface area contributed by atoms with Gasteiger partial charge >= 0.3 is 0 Å². The number of hydrogen-bond donors (Lipinski definition) is 0. The van der Waals surface area contributed by atoms with E-state index in [0.29, 0.717) is 43.4 Å². The van der Waals surface area contributed by atoms with Crippen LogP contribution >= 0.6 is 11.6 Å². The molecular weight excluding hydrogens is 472 g/mol. The summed E-state index contributed by atoms with van der Waals surface area (Å²) >= 11 is 6.06. The molecule has 3 aromatic rings. The Labute approximate surface area is 206 Å². The monoisotopic (exact) mass is 500 g/mol. The van der Waals surface area contributed by atoms with Crippen LogP contribution in [0.5, 0.6) is 5.75 Å². The fourth-order valence-electron chi connectivity index (χ4n) is 4.22. The quantitative estimate of drug-likeness (QED) is 0.486. The second kappa shape index (κ2) is 10.3. The molecule has 1 aliphatic heterocycles. The van der Waals surface area contributed by atoms with Crippen LogP contribution in [0.3, 0.4) is 0 Å². The highest BCUT2D eigenvalue weighted by Crippen LogP contribution is 2.28. The summed E-state index contributed by atoms with van der Waals surface area (Å²) in [5, 5.41) is 0.703. The Kier molecular flexibility index (Phi) is 7.40. The highest BCUT2D eigenvalue weighted by Gasteiger charge is 2.30. The summed E-state index contributed by atoms with van der Waals surface area (Å²) in [5.74, 6) is 2.24. The van der Waals surface area contributed by atoms with E-state index in [1.165, 1.54) is 0 Å². The lowest BCUT2D eigenvalue weighted by Gasteiger charge is -2.36. The van der Waals surface area contributed by atoms with Crippen molar-refractivity contribution < 1.29 is 13.2 Å². The van der Waals surface area contributed by atoms with Gasteiger partial charge in [-0.1, -0.05) is 30.7 Å². The summed E-state index contributed by atoms with van der Waals surface area (Å²) < 4.78 is 33.0. The maximum atomic E-state index is 13.2. The highest BCUT2D eigenvalue weighted by atomic mass is 35.5. The fourth-order valence-corrected chi connectivity index (χ4v) is 5.76. The molecule has 1 aliphatic rings. The van der Waals surface area contributed by atoms with E-state index in [-0.39, 0.29) is 4.90 Å². The van der Waals surface area contributed by atoms with Crippen molar-refractivity contribution in [2.45, 2.75) is 31.6 Å². The number of rotatable bonds is 7. The standard InChI is InChI=1S/C25H29ClN4O3S/c1-4-24-23(17-19-5-7-20(26)8-6-19)25(28-18(2)27-24)29-13-15-30(16-14-29)34(31,32)22-11-9-21(33-3)10-12-22/h5-12H,4,13-17H2,1-3H3. The Bertz CT molecular complexity index is 1240. The van der Waals surface area contributed by atoms with Crippen LogP contribution in [0.1, 0.15) is 29.6 Å². The lowest BCUT2D eigenvalue weighted by atomic mass is 10.0. The molecule has 9 heteroatoms. The minimum absolute atomic E-state index is 0.274. The maximum absolute atomic E-state index is 13.2. The van der Waals surface area contributed by atoms with Gasteiger partial charge in [-0.15, -0.1) is 0 Å². The number of piperazine rings is 1. The van der Waals surface area contributed by atoms with Gasteiger partial charge in [0.25, 0.3) is 0 Å². The number of nitrogens with zero attached hydrogens (tertiary/aromatic N) is 4. The second-order valence-electron chi connectivity index (χ2n) is 8.24. The Morgan fingerprint density at radius 1 is 0.971 bits per heavy atom. The molecule has 0 atom stereocenters. The number of aromatic nitrogens is 2. The van der Waals surface area contributed by atoms with Crippen molar-refractivity contribution in [3.8, 4) is 5.75 Å². The normalized spacial score (nSPS) is 14.9. The first-order valence-corrected chi connectivity index (χ1v) is 13.1. The molecule has 2 heterocycles. The lowest BCUT2D eigenvalue weighted by molar-refractivity contribution is 0.383. The first-order chi connectivity index (χ1) is 16.3. The zero-order valence-electron chi connectivity index (χ0n) is 19.7. The summed E-state index contributed by atoms with van der Waals surface area (Å²) in [4.78, 5) is 11.9. The largest absolute Gasteiger partial charge is 0.497 e. The molecule has 0 bridgehead atoms. The second-order valence-corrected chi connectivity index (χ2v) is 10.6. The molecule has 34 heavy (non-hydrogen) atoms. The molecule has 180 valence electrons. The van der Waals surface area contributed by atoms with Crippen molar-refractivity contribution in [3.05, 3.63) is 76.2 Å². The molecule has 0 aliphatic carbocycles. The Morgan fingerprint density at radius 2 is 1.62 bits per heavy atom. The molecule has 7 nitrogen and oxygen atoms in total. The van der Waals surface area contributed by atoms with Crippen LogP contribution in [0.2, 0.25) is 5.02 Å². The smallest absolute Gasteiger partial charge is 0.243 e. The van der Waals surface area contributed by atoms with Crippen molar-refractivity contribution >= 4 is 27.4 Å². The fraction of sp³-hybridized carbons (Fsp3) is 0.360. The Morgan fingerprint density at radius 3 is 2.21 bits per heavy atom. The molecule has 4 rings (SSSR count). The molecule has 0 N–H and O–H groups in total. The minimum atomic E-state index is -3.57. The Hall–Kier alpha value is -2.68. The van der Waals surface area contributed by atoms with Crippen LogP contribution in [0.15, 0.2) is 53.4 Å². The number of methoxy groups -OCH3 is 1. The van der Waals surface area contributed by atoms with Gasteiger partial charge in [0, 0.05) is 48.9 Å². The summed E-state index contributed by atoms with van der Waals surface area (Å²) in [6.07, 6.45) is 1.49. The molecule has 1 saturated heterocycles. The summed E-state index contributed by atoms with van der Waals surface area (Å²) in [6.45, 7) is 5.89. The van der Waals surface area contributed by atoms with Gasteiger partial charge in [0.2, 0.25) is 10.0 Å². The molecule has 2 aromatic carbocycles. The van der Waals surface area contributed by atoms with Crippen molar-refractivity contribution in [3.63, 3.8) is 0 Å². The number of sulfonamides is 1. The molecular formula is C25H29ClN4O3S. The van der Waals surface area contributed by atoms with Gasteiger partial charge in [-0.2, -0.15) is 4.31 Å². The SMILES string of the molecule is CCc1nc(C)nc(N2CCN(S(=O)(=O)c3ccc(OC)cc3)CC2)c1Cc1ccc(Cl)cc1. The third-order valence-corrected chi connectivity index (χ3v) is 8.21. The van der Waals surface area contributed by atoms with Crippen LogP contribution in [0.25, 0.3) is 0 Å². The van der Waals surface area contributed by atoms with Gasteiger partial charge in [-0.3, -0.25) is 0 Å². The van der Waals surface area contributed by atoms with E-state index in [1.807, 2.05) is 31.2 Å². The van der Waals surface area contributed by atoms with E-state index in [2.05, 4.69) is 16.8 Å². The topological polar surface area (TPSA) is 75.6 Å². The predicted octanol–water partition coefficient (Wildman–Crippen LogP) is 4.11. The van der Waals surface area contributed by atoms with E-state index < -0.39 is 10.0 Å². The van der Waals surface area contributed by atoms with Crippen LogP contribution < -0.4 is 9.64 Å². The summed E-state index contributed by atoms with van der Waals surface area (Å²) in [5.41, 5.74) is 3.24. The van der Waals surface area contributed by atoms with E-state index in [0.717, 1.165) is 34.9 Å². The molecule has 1 aromatic heterocycles. The van der Waals surface area contributed by atoms with Crippen molar-refractivity contribution in [2.24, 2.45) is 0 Å². The number of halogens is 1. The third kappa shape index (κ3) is 5.19. The average molecular weight is 501 g/mol. The average Bonchev–Trinajstić information content (AvgIpc) is 2.86. The number of hydrogen-bond acceptors (Lipinski definition) is 6. The zero-order valence-corrected chi connectivity index (χ0v) is 21.2. The number of ether oxygens (including phenoxy) is 1. The number of anilines is 1. The van der Waals surface area contributed by atoms with Crippen molar-refractivity contribution in [1.29, 1.82) is 0 Å². The Balaban J connectivity index is 1.56. The third-order valence-electron chi connectivity index (χ3n) is 6.05. The van der Waals surface area contributed by atoms with Gasteiger partial charge < -0.3 is 9.64 Å². The van der Waals surface area contributed by atoms with Crippen molar-refractivity contribution in [2.75, 3.05) is 38.2 Å². The predicted molar refractivity (Wildman–Crippen MR) is 134 cm³/mol. The van der Waals surface area contributed by atoms with E-state index in [4.69, 9.17) is 21.3 Å². The summed E-state index contributed by atoms with van der Waals surface area (Å²) in [7, 11) is -2.01. The first-order valence-electron chi connectivity index (χ1n) is 11.3. The maximum Gasteiger partial charge on any atom is 0.243 e. The van der Waals surface area contributed by atoms with E-state index in [1.54, 1.807) is 35.7 Å². The molecule has 1 fully saturated rings. The van der Waals surface area contributed by atoms with Crippen LogP contribution in [0, 0.1) is 6.92 Å². The van der Waals surface area contributed by atoms with Gasteiger partial charge in [0.15, 0.2) is 0 Å².